The molecule has 0 bridgehead atoms. The van der Waals surface area contributed by atoms with Crippen LogP contribution in [0.5, 0.6) is 0 Å². The van der Waals surface area contributed by atoms with Gasteiger partial charge in [-0.15, -0.1) is 0 Å². The molecule has 0 aromatic carbocycles. The Kier molecular flexibility index (Phi) is 4.23. The number of fused-ring (bicyclic) bond motifs is 1. The van der Waals surface area contributed by atoms with E-state index in [0.717, 1.165) is 36.0 Å². The lowest BCUT2D eigenvalue weighted by molar-refractivity contribution is 0.0875. The van der Waals surface area contributed by atoms with E-state index in [1.807, 2.05) is 18.8 Å². The number of nitrogens with one attached hydrogen (secondary N) is 1. The lowest BCUT2D eigenvalue weighted by Gasteiger charge is -2.15. The van der Waals surface area contributed by atoms with Crippen LogP contribution in [0.4, 0.5) is 5.82 Å². The monoisotopic (exact) mass is 253 g/mol. The van der Waals surface area contributed by atoms with E-state index in [1.54, 1.807) is 7.11 Å². The molecule has 0 aliphatic carbocycles. The van der Waals surface area contributed by atoms with E-state index >= 15 is 0 Å². The maximum Gasteiger partial charge on any atom is 0.159 e. The highest BCUT2D eigenvalue weighted by molar-refractivity contribution is 7.98. The van der Waals surface area contributed by atoms with Crippen LogP contribution in [0.1, 0.15) is 43.0 Å². The van der Waals surface area contributed by atoms with Crippen molar-refractivity contribution < 1.29 is 4.74 Å². The van der Waals surface area contributed by atoms with Gasteiger partial charge in [-0.2, -0.15) is 11.8 Å². The highest BCUT2D eigenvalue weighted by Crippen LogP contribution is 2.34. The Labute approximate surface area is 107 Å². The van der Waals surface area contributed by atoms with E-state index in [-0.39, 0.29) is 6.10 Å². The Morgan fingerprint density at radius 2 is 2.24 bits per heavy atom. The summed E-state index contributed by atoms with van der Waals surface area (Å²) in [6, 6.07) is 0. The molecule has 1 unspecified atom stereocenters. The van der Waals surface area contributed by atoms with Crippen LogP contribution in [-0.4, -0.2) is 24.1 Å². The van der Waals surface area contributed by atoms with Gasteiger partial charge in [0.2, 0.25) is 0 Å². The van der Waals surface area contributed by atoms with Crippen molar-refractivity contribution in [2.24, 2.45) is 0 Å². The quantitative estimate of drug-likeness (QED) is 0.874. The van der Waals surface area contributed by atoms with Gasteiger partial charge in [0, 0.05) is 31.2 Å². The molecule has 1 atom stereocenters. The fourth-order valence-electron chi connectivity index (χ4n) is 2.04. The molecule has 1 N–H and O–H groups in total. The SMILES string of the molecule is CCCC(OC)c1nc2c(c(NC)n1)CSC2. The predicted molar refractivity (Wildman–Crippen MR) is 71.2 cm³/mol. The van der Waals surface area contributed by atoms with Crippen molar-refractivity contribution in [2.45, 2.75) is 37.4 Å². The molecule has 0 spiro atoms. The lowest BCUT2D eigenvalue weighted by atomic mass is 10.1. The van der Waals surface area contributed by atoms with Gasteiger partial charge in [-0.1, -0.05) is 13.3 Å². The van der Waals surface area contributed by atoms with E-state index in [9.17, 15) is 0 Å². The first-order valence-electron chi connectivity index (χ1n) is 5.98. The van der Waals surface area contributed by atoms with Crippen molar-refractivity contribution in [1.29, 1.82) is 0 Å². The standard InChI is InChI=1S/C12H19N3OS/c1-4-5-10(16-3)12-14-9-7-17-6-8(9)11(13-2)15-12/h10H,4-7H2,1-3H3,(H,13,14,15). The molecular weight excluding hydrogens is 234 g/mol. The summed E-state index contributed by atoms with van der Waals surface area (Å²) in [4.78, 5) is 9.25. The minimum absolute atomic E-state index is 0.0167. The average Bonchev–Trinajstić information content (AvgIpc) is 2.82. The fourth-order valence-corrected chi connectivity index (χ4v) is 3.08. The minimum atomic E-state index is 0.0167. The largest absolute Gasteiger partial charge is 0.373 e. The van der Waals surface area contributed by atoms with Gasteiger partial charge in [0.15, 0.2) is 5.82 Å². The van der Waals surface area contributed by atoms with E-state index < -0.39 is 0 Å². The molecule has 17 heavy (non-hydrogen) atoms. The fraction of sp³-hybridized carbons (Fsp3) is 0.667. The Hall–Kier alpha value is -0.810. The van der Waals surface area contributed by atoms with Crippen LogP contribution < -0.4 is 5.32 Å². The van der Waals surface area contributed by atoms with Crippen LogP contribution in [0.15, 0.2) is 0 Å². The van der Waals surface area contributed by atoms with Crippen molar-refractivity contribution in [1.82, 2.24) is 9.97 Å². The normalized spacial score (nSPS) is 15.7. The Morgan fingerprint density at radius 1 is 1.41 bits per heavy atom. The zero-order valence-electron chi connectivity index (χ0n) is 10.6. The molecule has 1 aliphatic rings. The first-order chi connectivity index (χ1) is 8.30. The van der Waals surface area contributed by atoms with Crippen LogP contribution in [-0.2, 0) is 16.2 Å². The van der Waals surface area contributed by atoms with E-state index in [2.05, 4.69) is 22.2 Å². The number of hydrogen-bond donors (Lipinski definition) is 1. The summed E-state index contributed by atoms with van der Waals surface area (Å²) < 4.78 is 5.48. The first-order valence-corrected chi connectivity index (χ1v) is 7.13. The molecular formula is C12H19N3OS. The molecule has 4 nitrogen and oxygen atoms in total. The summed E-state index contributed by atoms with van der Waals surface area (Å²) in [6.45, 7) is 2.15. The molecule has 0 radical (unpaired) electrons. The average molecular weight is 253 g/mol. The van der Waals surface area contributed by atoms with Crippen molar-refractivity contribution in [2.75, 3.05) is 19.5 Å². The molecule has 0 amide bonds. The van der Waals surface area contributed by atoms with Crippen LogP contribution in [0.3, 0.4) is 0 Å². The maximum absolute atomic E-state index is 5.48. The van der Waals surface area contributed by atoms with Crippen LogP contribution in [0.2, 0.25) is 0 Å². The third-order valence-electron chi connectivity index (χ3n) is 2.96. The third-order valence-corrected chi connectivity index (χ3v) is 3.93. The van der Waals surface area contributed by atoms with Crippen LogP contribution >= 0.6 is 11.8 Å². The Bertz CT molecular complexity index is 398. The topological polar surface area (TPSA) is 47.0 Å². The molecule has 94 valence electrons. The predicted octanol–water partition coefficient (Wildman–Crippen LogP) is 2.75. The van der Waals surface area contributed by atoms with E-state index in [4.69, 9.17) is 4.74 Å². The zero-order valence-corrected chi connectivity index (χ0v) is 11.4. The van der Waals surface area contributed by atoms with Gasteiger partial charge in [0.1, 0.15) is 11.9 Å². The van der Waals surface area contributed by atoms with Crippen molar-refractivity contribution in [3.05, 3.63) is 17.1 Å². The summed E-state index contributed by atoms with van der Waals surface area (Å²) in [5.41, 5.74) is 2.43. The molecule has 0 saturated carbocycles. The number of rotatable bonds is 5. The second kappa shape index (κ2) is 5.69. The number of anilines is 1. The van der Waals surface area contributed by atoms with Gasteiger partial charge in [0.05, 0.1) is 5.69 Å². The van der Waals surface area contributed by atoms with E-state index in [0.29, 0.717) is 0 Å². The van der Waals surface area contributed by atoms with Gasteiger partial charge in [0.25, 0.3) is 0 Å². The van der Waals surface area contributed by atoms with Gasteiger partial charge in [-0.3, -0.25) is 0 Å². The summed E-state index contributed by atoms with van der Waals surface area (Å²) in [5, 5.41) is 3.17. The number of methoxy groups -OCH3 is 1. The summed E-state index contributed by atoms with van der Waals surface area (Å²) in [7, 11) is 3.64. The maximum atomic E-state index is 5.48. The van der Waals surface area contributed by atoms with Crippen molar-refractivity contribution in [3.8, 4) is 0 Å². The molecule has 1 aliphatic heterocycles. The summed E-state index contributed by atoms with van der Waals surface area (Å²) in [5.74, 6) is 3.78. The molecule has 1 aromatic rings. The van der Waals surface area contributed by atoms with Crippen LogP contribution in [0, 0.1) is 0 Å². The zero-order chi connectivity index (χ0) is 12.3. The molecule has 1 aromatic heterocycles. The third kappa shape index (κ3) is 2.55. The number of ether oxygens (including phenoxy) is 1. The molecule has 0 saturated heterocycles. The van der Waals surface area contributed by atoms with E-state index in [1.165, 1.54) is 11.3 Å². The van der Waals surface area contributed by atoms with Crippen LogP contribution in [0.25, 0.3) is 0 Å². The van der Waals surface area contributed by atoms with Gasteiger partial charge >= 0.3 is 0 Å². The lowest BCUT2D eigenvalue weighted by Crippen LogP contribution is -2.11. The first kappa shape index (κ1) is 12.6. The number of aromatic nitrogens is 2. The van der Waals surface area contributed by atoms with Gasteiger partial charge in [-0.25, -0.2) is 9.97 Å². The molecule has 2 rings (SSSR count). The Morgan fingerprint density at radius 3 is 2.88 bits per heavy atom. The summed E-state index contributed by atoms with van der Waals surface area (Å²) in [6.07, 6.45) is 2.05. The number of nitrogens with zero attached hydrogens (tertiary/aromatic N) is 2. The highest BCUT2D eigenvalue weighted by atomic mass is 32.2. The number of thioether (sulfide) groups is 1. The molecule has 2 heterocycles. The van der Waals surface area contributed by atoms with Gasteiger partial charge in [-0.05, 0) is 6.42 Å². The second-order valence-electron chi connectivity index (χ2n) is 4.11. The van der Waals surface area contributed by atoms with Crippen molar-refractivity contribution >= 4 is 17.6 Å². The highest BCUT2D eigenvalue weighted by Gasteiger charge is 2.22. The van der Waals surface area contributed by atoms with Crippen molar-refractivity contribution in [3.63, 3.8) is 0 Å². The molecule has 0 fully saturated rings. The molecule has 5 heteroatoms. The minimum Gasteiger partial charge on any atom is -0.373 e. The van der Waals surface area contributed by atoms with Gasteiger partial charge < -0.3 is 10.1 Å². The number of hydrogen-bond acceptors (Lipinski definition) is 5. The second-order valence-corrected chi connectivity index (χ2v) is 5.10. The summed E-state index contributed by atoms with van der Waals surface area (Å²) >= 11 is 1.89. The smallest absolute Gasteiger partial charge is 0.159 e. The Balaban J connectivity index is 2.35.